The van der Waals surface area contributed by atoms with Gasteiger partial charge in [0.2, 0.25) is 21.8 Å². The molecule has 0 saturated carbocycles. The van der Waals surface area contributed by atoms with E-state index in [0.717, 1.165) is 16.9 Å². The Bertz CT molecular complexity index is 1050. The van der Waals surface area contributed by atoms with Crippen LogP contribution in [0.15, 0.2) is 42.0 Å². The molecule has 1 aromatic heterocycles. The molecule has 2 amide bonds. The summed E-state index contributed by atoms with van der Waals surface area (Å²) in [4.78, 5) is 30.9. The molecule has 2 N–H and O–H groups in total. The average molecular weight is 496 g/mol. The summed E-state index contributed by atoms with van der Waals surface area (Å²) >= 11 is 1.16. The lowest BCUT2D eigenvalue weighted by Gasteiger charge is -2.44. The second-order valence-electron chi connectivity index (χ2n) is 8.43. The van der Waals surface area contributed by atoms with E-state index in [0.29, 0.717) is 5.00 Å². The van der Waals surface area contributed by atoms with E-state index in [-0.39, 0.29) is 32.6 Å². The Morgan fingerprint density at radius 2 is 1.91 bits per heavy atom. The van der Waals surface area contributed by atoms with Crippen LogP contribution in [0.1, 0.15) is 12.5 Å². The molecule has 1 aliphatic heterocycles. The fourth-order valence-corrected chi connectivity index (χ4v) is 6.18. The molecule has 0 aliphatic carbocycles. The quantitative estimate of drug-likeness (QED) is 0.404. The summed E-state index contributed by atoms with van der Waals surface area (Å²) < 4.78 is 27.3. The number of nitrogens with zero attached hydrogens (tertiary/aromatic N) is 4. The number of rotatable bonds is 9. The van der Waals surface area contributed by atoms with Crippen molar-refractivity contribution in [2.75, 3.05) is 43.9 Å². The van der Waals surface area contributed by atoms with Crippen LogP contribution in [-0.2, 0) is 26.0 Å². The monoisotopic (exact) mass is 495 g/mol. The molecule has 2 heterocycles. The number of amides is 2. The van der Waals surface area contributed by atoms with E-state index in [1.165, 1.54) is 34.9 Å². The highest BCUT2D eigenvalue weighted by Crippen LogP contribution is 2.27. The third-order valence-corrected chi connectivity index (χ3v) is 8.56. The molecular weight excluding hydrogens is 466 g/mol. The number of carbonyl (C=O) groups excluding carboxylic acids is 2. The van der Waals surface area contributed by atoms with E-state index < -0.39 is 44.2 Å². The van der Waals surface area contributed by atoms with Crippen LogP contribution in [0.5, 0.6) is 0 Å². The van der Waals surface area contributed by atoms with Crippen LogP contribution in [0.4, 0.5) is 5.00 Å². The number of benzene rings is 1. The number of hydroxylamine groups is 3. The van der Waals surface area contributed by atoms with Gasteiger partial charge in [0.1, 0.15) is 11.0 Å². The van der Waals surface area contributed by atoms with Crippen LogP contribution in [0.25, 0.3) is 0 Å². The maximum Gasteiger partial charge on any atom is 0.240 e. The van der Waals surface area contributed by atoms with E-state index in [4.69, 9.17) is 5.73 Å². The molecule has 12 heteroatoms. The van der Waals surface area contributed by atoms with Crippen molar-refractivity contribution >= 4 is 38.2 Å². The average Bonchev–Trinajstić information content (AvgIpc) is 3.28. The van der Waals surface area contributed by atoms with Gasteiger partial charge in [-0.25, -0.2) is 8.42 Å². The van der Waals surface area contributed by atoms with Crippen molar-refractivity contribution in [3.63, 3.8) is 0 Å². The predicted octanol–water partition coefficient (Wildman–Crippen LogP) is 0.799. The minimum Gasteiger partial charge on any atom is -0.633 e. The molecule has 0 bridgehead atoms. The maximum absolute atomic E-state index is 13.7. The van der Waals surface area contributed by atoms with Gasteiger partial charge in [0.25, 0.3) is 0 Å². The molecule has 3 rings (SSSR count). The number of nitrogens with two attached hydrogens (primary N) is 1. The van der Waals surface area contributed by atoms with Gasteiger partial charge in [0.05, 0.1) is 56.6 Å². The molecule has 2 atom stereocenters. The summed E-state index contributed by atoms with van der Waals surface area (Å²) in [6.45, 7) is 2.02. The Morgan fingerprint density at radius 3 is 2.45 bits per heavy atom. The van der Waals surface area contributed by atoms with Crippen molar-refractivity contribution in [2.45, 2.75) is 19.4 Å². The second kappa shape index (κ2) is 10.3. The summed E-state index contributed by atoms with van der Waals surface area (Å²) in [6.07, 6.45) is 1.62. The molecule has 1 aromatic carbocycles. The smallest absolute Gasteiger partial charge is 0.240 e. The molecule has 1 aliphatic rings. The summed E-state index contributed by atoms with van der Waals surface area (Å²) in [5.74, 6) is -2.62. The molecule has 180 valence electrons. The summed E-state index contributed by atoms with van der Waals surface area (Å²) in [7, 11) is -2.32. The lowest BCUT2D eigenvalue weighted by molar-refractivity contribution is -0.864. The first-order valence-corrected chi connectivity index (χ1v) is 13.1. The fourth-order valence-electron chi connectivity index (χ4n) is 3.77. The molecule has 2 unspecified atom stereocenters. The van der Waals surface area contributed by atoms with Crippen molar-refractivity contribution in [2.24, 2.45) is 11.7 Å². The van der Waals surface area contributed by atoms with Gasteiger partial charge in [-0.15, -0.1) is 11.3 Å². The molecular formula is C21H29N5O5S2. The number of primary amides is 1. The molecule has 10 nitrogen and oxygen atoms in total. The topological polar surface area (TPSA) is 137 Å². The summed E-state index contributed by atoms with van der Waals surface area (Å²) in [5.41, 5.74) is 7.82. The standard InChI is InChI=1S/C21H29N5O5S2/c1-16(20(22)27)25(19-13-23-15-32-19)21(28)18(12-17-6-4-3-5-7-17)14-33(30,31)24-8-10-26(2,29)11-9-24/h3-7,13,15-16,18H,8-12,14H2,1-2H3,(H2,22,27). The number of piperazine rings is 1. The van der Waals surface area contributed by atoms with Crippen LogP contribution in [0.2, 0.25) is 0 Å². The molecule has 1 saturated heterocycles. The first-order chi connectivity index (χ1) is 15.5. The zero-order valence-electron chi connectivity index (χ0n) is 18.7. The molecule has 0 spiro atoms. The first-order valence-electron chi connectivity index (χ1n) is 10.6. The highest BCUT2D eigenvalue weighted by Gasteiger charge is 2.38. The number of thiazole rings is 1. The highest BCUT2D eigenvalue weighted by molar-refractivity contribution is 7.89. The largest absolute Gasteiger partial charge is 0.633 e. The Labute approximate surface area is 197 Å². The van der Waals surface area contributed by atoms with Crippen molar-refractivity contribution in [3.05, 3.63) is 52.8 Å². The molecule has 1 fully saturated rings. The Hall–Kier alpha value is -2.38. The van der Waals surface area contributed by atoms with Gasteiger partial charge in [0.15, 0.2) is 0 Å². The number of hydrogen-bond donors (Lipinski definition) is 1. The van der Waals surface area contributed by atoms with Gasteiger partial charge in [-0.05, 0) is 18.9 Å². The van der Waals surface area contributed by atoms with Gasteiger partial charge in [-0.1, -0.05) is 30.3 Å². The number of anilines is 1. The third-order valence-electron chi connectivity index (χ3n) is 5.82. The van der Waals surface area contributed by atoms with E-state index in [2.05, 4.69) is 4.98 Å². The molecule has 33 heavy (non-hydrogen) atoms. The van der Waals surface area contributed by atoms with Gasteiger partial charge < -0.3 is 15.6 Å². The first kappa shape index (κ1) is 25.2. The number of hydrogen-bond acceptors (Lipinski definition) is 7. The minimum atomic E-state index is -3.84. The van der Waals surface area contributed by atoms with Crippen molar-refractivity contribution in [1.82, 2.24) is 9.29 Å². The van der Waals surface area contributed by atoms with E-state index in [1.54, 1.807) is 0 Å². The van der Waals surface area contributed by atoms with Gasteiger partial charge in [0, 0.05) is 0 Å². The van der Waals surface area contributed by atoms with Gasteiger partial charge in [-0.3, -0.25) is 19.5 Å². The van der Waals surface area contributed by atoms with Crippen molar-refractivity contribution in [3.8, 4) is 0 Å². The number of sulfonamides is 1. The van der Waals surface area contributed by atoms with Crippen LogP contribution < -0.4 is 10.6 Å². The number of aromatic nitrogens is 1. The zero-order chi connectivity index (χ0) is 24.2. The van der Waals surface area contributed by atoms with E-state index in [9.17, 15) is 23.2 Å². The highest BCUT2D eigenvalue weighted by atomic mass is 32.2. The van der Waals surface area contributed by atoms with Gasteiger partial charge in [-0.2, -0.15) is 4.31 Å². The Balaban J connectivity index is 1.91. The Kier molecular flexibility index (Phi) is 7.85. The number of likely N-dealkylation sites (N-methyl/N-ethyl adjacent to an activating group) is 1. The van der Waals surface area contributed by atoms with Crippen LogP contribution in [-0.4, -0.2) is 79.2 Å². The second-order valence-corrected chi connectivity index (χ2v) is 11.3. The number of carbonyl (C=O) groups is 2. The molecule has 0 radical (unpaired) electrons. The summed E-state index contributed by atoms with van der Waals surface area (Å²) in [6, 6.07) is 8.13. The fraction of sp³-hybridized carbons (Fsp3) is 0.476. The maximum atomic E-state index is 13.7. The van der Waals surface area contributed by atoms with Gasteiger partial charge >= 0.3 is 0 Å². The zero-order valence-corrected chi connectivity index (χ0v) is 20.3. The number of quaternary nitrogens is 1. The van der Waals surface area contributed by atoms with Crippen LogP contribution in [0, 0.1) is 11.1 Å². The third kappa shape index (κ3) is 6.36. The lowest BCUT2D eigenvalue weighted by atomic mass is 9.99. The Morgan fingerprint density at radius 1 is 1.27 bits per heavy atom. The normalized spacial score (nSPS) is 18.4. The lowest BCUT2D eigenvalue weighted by Crippen LogP contribution is -2.56. The van der Waals surface area contributed by atoms with E-state index in [1.807, 2.05) is 30.3 Å². The van der Waals surface area contributed by atoms with Crippen molar-refractivity contribution in [1.29, 1.82) is 0 Å². The van der Waals surface area contributed by atoms with Crippen LogP contribution >= 0.6 is 11.3 Å². The van der Waals surface area contributed by atoms with Crippen molar-refractivity contribution < 1.29 is 22.7 Å². The minimum absolute atomic E-state index is 0.102. The SMILES string of the molecule is CC(C(N)=O)N(C(=O)C(Cc1ccccc1)CS(=O)(=O)N1CC[N+](C)([O-])CC1)c1cncs1. The molecule has 2 aromatic rings. The summed E-state index contributed by atoms with van der Waals surface area (Å²) in [5, 5.41) is 12.5. The van der Waals surface area contributed by atoms with E-state index >= 15 is 0 Å². The van der Waals surface area contributed by atoms with Crippen LogP contribution in [0.3, 0.4) is 0 Å². The predicted molar refractivity (Wildman–Crippen MR) is 127 cm³/mol.